The smallest absolute Gasteiger partial charge is 0.456 e. The zero-order chi connectivity index (χ0) is 15.6. The molecule has 1 rings (SSSR count). The molecule has 0 heterocycles. The Labute approximate surface area is 110 Å². The fourth-order valence-electron chi connectivity index (χ4n) is 1.19. The highest BCUT2D eigenvalue weighted by Crippen LogP contribution is 2.35. The molecule has 0 spiro atoms. The van der Waals surface area contributed by atoms with Gasteiger partial charge < -0.3 is 4.74 Å². The third-order valence-corrected chi connectivity index (χ3v) is 2.78. The van der Waals surface area contributed by atoms with Crippen molar-refractivity contribution in [3.05, 3.63) is 29.8 Å². The molecule has 0 saturated heterocycles. The van der Waals surface area contributed by atoms with Gasteiger partial charge in [-0.05, 0) is 17.7 Å². The maximum Gasteiger partial charge on any atom is 0.456 e. The molecule has 0 aliphatic carbocycles. The van der Waals surface area contributed by atoms with Crippen molar-refractivity contribution in [2.75, 3.05) is 6.61 Å². The lowest BCUT2D eigenvalue weighted by molar-refractivity contribution is -0.290. The summed E-state index contributed by atoms with van der Waals surface area (Å²) in [6.07, 6.45) is -5.74. The van der Waals surface area contributed by atoms with Crippen LogP contribution in [0.25, 0.3) is 0 Å². The standard InChI is InChI=1S/C10H9F5O4S/c11-9(12,10(13,14)15)6-19-8-3-1-2-7(4-8)5-20(16,17)18/h1-4H,5-6H2,(H,16,17,18). The van der Waals surface area contributed by atoms with Crippen LogP contribution in [-0.4, -0.2) is 31.7 Å². The highest BCUT2D eigenvalue weighted by Gasteiger charge is 2.58. The number of hydrogen-bond donors (Lipinski definition) is 1. The maximum atomic E-state index is 12.6. The van der Waals surface area contributed by atoms with E-state index in [1.54, 1.807) is 0 Å². The number of halogens is 5. The van der Waals surface area contributed by atoms with Gasteiger partial charge in [0.15, 0.2) is 6.61 Å². The summed E-state index contributed by atoms with van der Waals surface area (Å²) in [6, 6.07) is 4.46. The first-order chi connectivity index (χ1) is 8.91. The minimum absolute atomic E-state index is 0.0136. The minimum Gasteiger partial charge on any atom is -0.487 e. The normalized spacial score (nSPS) is 13.3. The summed E-state index contributed by atoms with van der Waals surface area (Å²) in [5.74, 6) is -6.19. The predicted molar refractivity (Wildman–Crippen MR) is 58.2 cm³/mol. The van der Waals surface area contributed by atoms with E-state index < -0.39 is 34.6 Å². The fraction of sp³-hybridized carbons (Fsp3) is 0.400. The first kappa shape index (κ1) is 16.6. The molecule has 1 aromatic carbocycles. The molecule has 0 fully saturated rings. The second kappa shape index (κ2) is 5.52. The van der Waals surface area contributed by atoms with Gasteiger partial charge in [-0.3, -0.25) is 4.55 Å². The van der Waals surface area contributed by atoms with Crippen LogP contribution in [0.2, 0.25) is 0 Å². The van der Waals surface area contributed by atoms with Crippen molar-refractivity contribution >= 4 is 10.1 Å². The van der Waals surface area contributed by atoms with Crippen molar-refractivity contribution in [3.63, 3.8) is 0 Å². The largest absolute Gasteiger partial charge is 0.487 e. The van der Waals surface area contributed by atoms with E-state index in [-0.39, 0.29) is 11.3 Å². The SMILES string of the molecule is O=S(=O)(O)Cc1cccc(OCC(F)(F)C(F)(F)F)c1. The molecule has 0 aliphatic rings. The number of alkyl halides is 5. The van der Waals surface area contributed by atoms with E-state index >= 15 is 0 Å². The molecule has 0 amide bonds. The van der Waals surface area contributed by atoms with Crippen LogP contribution in [-0.2, 0) is 15.9 Å². The van der Waals surface area contributed by atoms with E-state index in [4.69, 9.17) is 4.55 Å². The molecule has 1 N–H and O–H groups in total. The zero-order valence-electron chi connectivity index (χ0n) is 9.69. The van der Waals surface area contributed by atoms with Crippen LogP contribution < -0.4 is 4.74 Å². The van der Waals surface area contributed by atoms with Crippen LogP contribution >= 0.6 is 0 Å². The molecule has 0 aliphatic heterocycles. The first-order valence-electron chi connectivity index (χ1n) is 5.02. The summed E-state index contributed by atoms with van der Waals surface area (Å²) in [6.45, 7) is -1.92. The van der Waals surface area contributed by atoms with Gasteiger partial charge in [0.1, 0.15) is 11.5 Å². The first-order valence-corrected chi connectivity index (χ1v) is 6.63. The van der Waals surface area contributed by atoms with Gasteiger partial charge in [-0.2, -0.15) is 30.4 Å². The lowest BCUT2D eigenvalue weighted by atomic mass is 10.2. The van der Waals surface area contributed by atoms with Gasteiger partial charge in [0, 0.05) is 0 Å². The van der Waals surface area contributed by atoms with E-state index in [9.17, 15) is 30.4 Å². The van der Waals surface area contributed by atoms with E-state index in [1.807, 2.05) is 0 Å². The second-order valence-electron chi connectivity index (χ2n) is 3.86. The molecule has 20 heavy (non-hydrogen) atoms. The highest BCUT2D eigenvalue weighted by atomic mass is 32.2. The molecule has 10 heteroatoms. The van der Waals surface area contributed by atoms with Gasteiger partial charge in [0.25, 0.3) is 10.1 Å². The Hall–Kier alpha value is -1.42. The minimum atomic E-state index is -5.74. The van der Waals surface area contributed by atoms with Crippen LogP contribution in [0.5, 0.6) is 5.75 Å². The quantitative estimate of drug-likeness (QED) is 0.669. The van der Waals surface area contributed by atoms with E-state index in [0.717, 1.165) is 12.1 Å². The fourth-order valence-corrected chi connectivity index (χ4v) is 1.79. The third-order valence-electron chi connectivity index (χ3n) is 2.08. The number of hydrogen-bond acceptors (Lipinski definition) is 3. The van der Waals surface area contributed by atoms with Crippen LogP contribution in [0.1, 0.15) is 5.56 Å². The van der Waals surface area contributed by atoms with Crippen LogP contribution in [0.3, 0.4) is 0 Å². The Balaban J connectivity index is 2.78. The Kier molecular flexibility index (Phi) is 4.59. The zero-order valence-corrected chi connectivity index (χ0v) is 10.5. The number of ether oxygens (including phenoxy) is 1. The lowest BCUT2D eigenvalue weighted by Crippen LogP contribution is -2.41. The molecule has 0 radical (unpaired) electrons. The Morgan fingerprint density at radius 1 is 1.15 bits per heavy atom. The number of benzene rings is 1. The van der Waals surface area contributed by atoms with Crippen molar-refractivity contribution in [1.29, 1.82) is 0 Å². The molecule has 4 nitrogen and oxygen atoms in total. The van der Waals surface area contributed by atoms with Crippen molar-refractivity contribution in [2.45, 2.75) is 17.9 Å². The molecule has 1 aromatic rings. The highest BCUT2D eigenvalue weighted by molar-refractivity contribution is 7.85. The van der Waals surface area contributed by atoms with Crippen molar-refractivity contribution < 1.29 is 39.7 Å². The van der Waals surface area contributed by atoms with Crippen molar-refractivity contribution in [3.8, 4) is 5.75 Å². The monoisotopic (exact) mass is 320 g/mol. The van der Waals surface area contributed by atoms with Gasteiger partial charge in [-0.15, -0.1) is 0 Å². The topological polar surface area (TPSA) is 63.6 Å². The van der Waals surface area contributed by atoms with E-state index in [1.165, 1.54) is 12.1 Å². The summed E-state index contributed by atoms with van der Waals surface area (Å²) in [5.41, 5.74) is -0.0136. The molecule has 0 saturated carbocycles. The molecule has 0 aromatic heterocycles. The second-order valence-corrected chi connectivity index (χ2v) is 5.32. The van der Waals surface area contributed by atoms with Crippen molar-refractivity contribution in [1.82, 2.24) is 0 Å². The predicted octanol–water partition coefficient (Wildman–Crippen LogP) is 2.65. The Bertz CT molecular complexity index is 567. The van der Waals surface area contributed by atoms with Gasteiger partial charge >= 0.3 is 12.1 Å². The summed E-state index contributed by atoms with van der Waals surface area (Å²) in [4.78, 5) is 0. The third kappa shape index (κ3) is 4.93. The van der Waals surface area contributed by atoms with Gasteiger partial charge in [-0.1, -0.05) is 12.1 Å². The molecular formula is C10H9F5O4S. The Morgan fingerprint density at radius 3 is 2.25 bits per heavy atom. The van der Waals surface area contributed by atoms with Crippen molar-refractivity contribution in [2.24, 2.45) is 0 Å². The molecule has 0 unspecified atom stereocenters. The molecular weight excluding hydrogens is 311 g/mol. The van der Waals surface area contributed by atoms with Gasteiger partial charge in [0.2, 0.25) is 0 Å². The summed E-state index contributed by atoms with van der Waals surface area (Å²) >= 11 is 0. The van der Waals surface area contributed by atoms with Crippen LogP contribution in [0.4, 0.5) is 22.0 Å². The summed E-state index contributed by atoms with van der Waals surface area (Å²) in [7, 11) is -4.34. The molecule has 114 valence electrons. The average Bonchev–Trinajstić information content (AvgIpc) is 2.23. The molecule has 0 bridgehead atoms. The van der Waals surface area contributed by atoms with Crippen LogP contribution in [0, 0.1) is 0 Å². The maximum absolute atomic E-state index is 12.6. The Morgan fingerprint density at radius 2 is 1.75 bits per heavy atom. The average molecular weight is 320 g/mol. The van der Waals surface area contributed by atoms with Crippen LogP contribution in [0.15, 0.2) is 24.3 Å². The summed E-state index contributed by atoms with van der Waals surface area (Å²) in [5, 5.41) is 0. The van der Waals surface area contributed by atoms with E-state index in [2.05, 4.69) is 4.74 Å². The van der Waals surface area contributed by atoms with Gasteiger partial charge in [-0.25, -0.2) is 0 Å². The number of rotatable bonds is 5. The molecule has 0 atom stereocenters. The van der Waals surface area contributed by atoms with Gasteiger partial charge in [0.05, 0.1) is 0 Å². The lowest BCUT2D eigenvalue weighted by Gasteiger charge is -2.19. The van der Waals surface area contributed by atoms with E-state index in [0.29, 0.717) is 0 Å². The summed E-state index contributed by atoms with van der Waals surface area (Å²) < 4.78 is 95.0.